The van der Waals surface area contributed by atoms with E-state index in [1.165, 1.54) is 25.7 Å². The van der Waals surface area contributed by atoms with E-state index >= 15 is 0 Å². The smallest absolute Gasteiger partial charge is 0.190 e. The van der Waals surface area contributed by atoms with E-state index in [9.17, 15) is 0 Å². The Morgan fingerprint density at radius 2 is 0.886 bits per heavy atom. The lowest BCUT2D eigenvalue weighted by Crippen LogP contribution is -2.18. The maximum Gasteiger partial charge on any atom is 0.190 e. The average molecular weight is 1240 g/mol. The fourth-order valence-corrected chi connectivity index (χ4v) is 11.6. The number of aryl methyl sites for hydroxylation is 3. The number of methoxy groups -OCH3 is 3. The monoisotopic (exact) mass is 1230 g/mol. The first-order valence-electron chi connectivity index (χ1n) is 29.8. The van der Waals surface area contributed by atoms with Gasteiger partial charge in [-0.15, -0.1) is 0 Å². The van der Waals surface area contributed by atoms with Gasteiger partial charge in [0.25, 0.3) is 0 Å². The highest BCUT2D eigenvalue weighted by atomic mass is 35.5. The molecule has 4 heterocycles. The Kier molecular flexibility index (Phi) is 21.8. The summed E-state index contributed by atoms with van der Waals surface area (Å²) in [6, 6.07) is 29.4. The summed E-state index contributed by atoms with van der Waals surface area (Å²) in [5.41, 5.74) is 17.1. The Bertz CT molecular complexity index is 4110. The second-order valence-electron chi connectivity index (χ2n) is 21.5. The summed E-state index contributed by atoms with van der Waals surface area (Å²) in [4.78, 5) is 27.6. The van der Waals surface area contributed by atoms with Crippen molar-refractivity contribution < 1.29 is 14.2 Å². The first kappa shape index (κ1) is 63.6. The van der Waals surface area contributed by atoms with Crippen molar-refractivity contribution in [3.63, 3.8) is 0 Å². The van der Waals surface area contributed by atoms with Crippen molar-refractivity contribution in [2.45, 2.75) is 105 Å². The van der Waals surface area contributed by atoms with Gasteiger partial charge in [0.05, 0.1) is 89.7 Å². The van der Waals surface area contributed by atoms with Crippen LogP contribution in [0.4, 0.5) is 51.2 Å². The number of hydrogen-bond donors (Lipinski definition) is 5. The Hall–Kier alpha value is -8.91. The van der Waals surface area contributed by atoms with Crippen LogP contribution < -0.4 is 45.7 Å². The fraction of sp³-hybridized carbons (Fsp3) is 0.314. The molecule has 1 saturated heterocycles. The maximum absolute atomic E-state index is 7.59. The molecule has 5 N–H and O–H groups in total. The average Bonchev–Trinajstić information content (AvgIpc) is 1.69. The highest BCUT2D eigenvalue weighted by Gasteiger charge is 2.24. The second-order valence-corrected chi connectivity index (χ2v) is 22.7. The summed E-state index contributed by atoms with van der Waals surface area (Å²) >= 11 is 18.8. The number of halogens is 3. The van der Waals surface area contributed by atoms with E-state index in [-0.39, 0.29) is 0 Å². The number of hydrogen-bond acceptors (Lipinski definition) is 12. The molecule has 1 aliphatic heterocycles. The van der Waals surface area contributed by atoms with Crippen molar-refractivity contribution in [1.29, 1.82) is 0 Å². The molecule has 3 aromatic heterocycles. The predicted octanol–water partition coefficient (Wildman–Crippen LogP) is 18.9. The van der Waals surface area contributed by atoms with E-state index < -0.39 is 0 Å². The molecule has 0 bridgehead atoms. The van der Waals surface area contributed by atoms with E-state index in [1.807, 2.05) is 110 Å². The first-order valence-corrected chi connectivity index (χ1v) is 30.9. The highest BCUT2D eigenvalue weighted by molar-refractivity contribution is 6.32. The van der Waals surface area contributed by atoms with Crippen LogP contribution in [0, 0.1) is 19.7 Å². The predicted molar refractivity (Wildman–Crippen MR) is 365 cm³/mol. The normalized spacial score (nSPS) is 12.4. The van der Waals surface area contributed by atoms with E-state index in [0.29, 0.717) is 75.1 Å². The third kappa shape index (κ3) is 15.1. The number of pyridine rings is 3. The molecule has 88 heavy (non-hydrogen) atoms. The Morgan fingerprint density at radius 1 is 0.500 bits per heavy atom. The zero-order valence-corrected chi connectivity index (χ0v) is 53.1. The standard InChI is InChI=1S/C24H25ClN4O.C23H23ClN4O.C23H25ClN4O/c1-4-17-15-28-24-19(12-18(26-2)13-21(24)29-9-5-6-10-29)23(17)27-14-16-7-8-22(30-3)20(25)11-16;1-4-15-13-27-23-18(10-17(25-2)11-20(23)28-16-6-7-16)22(15)26-12-14-5-8-21(29-3)19(24)9-14;1-5-9-26-20-12-17(25-3)11-18-22(16(6-2)14-28-23(18)20)27-13-15-7-8-21(29-4)19(24)10-15/h7-8,11-13,15H,4-6,9-10,14H2,1,3H3,(H,27,28);5,8-11,13,16,28H,4,6-7,12H2,1,3H3,(H,26,27);7-8,10-12,14,26H,5-6,9,13H2,1-2,4H3,(H,27,28). The lowest BCUT2D eigenvalue weighted by molar-refractivity contribution is 0.415. The van der Waals surface area contributed by atoms with Crippen molar-refractivity contribution in [1.82, 2.24) is 15.0 Å². The number of ether oxygens (including phenoxy) is 3. The zero-order valence-electron chi connectivity index (χ0n) is 50.9. The van der Waals surface area contributed by atoms with Crippen LogP contribution in [0.25, 0.3) is 47.2 Å². The number of benzene rings is 6. The van der Waals surface area contributed by atoms with Gasteiger partial charge in [-0.1, -0.05) is 80.7 Å². The molecule has 0 spiro atoms. The molecule has 0 unspecified atom stereocenters. The Labute approximate surface area is 531 Å². The molecule has 1 aliphatic carbocycles. The number of rotatable bonds is 21. The van der Waals surface area contributed by atoms with Gasteiger partial charge in [0.2, 0.25) is 0 Å². The lowest BCUT2D eigenvalue weighted by atomic mass is 10.0. The summed E-state index contributed by atoms with van der Waals surface area (Å²) in [7, 11) is 4.83. The molecule has 2 fully saturated rings. The summed E-state index contributed by atoms with van der Waals surface area (Å²) in [5.74, 6) is 1.99. The van der Waals surface area contributed by atoms with Gasteiger partial charge in [0.1, 0.15) is 17.2 Å². The number of nitrogens with zero attached hydrogens (tertiary/aromatic N) is 7. The van der Waals surface area contributed by atoms with Crippen molar-refractivity contribution in [3.05, 3.63) is 192 Å². The molecule has 0 atom stereocenters. The quantitative estimate of drug-likeness (QED) is 0.0437. The van der Waals surface area contributed by atoms with Crippen LogP contribution in [0.3, 0.4) is 0 Å². The molecule has 2 aliphatic rings. The molecule has 9 aromatic rings. The van der Waals surface area contributed by atoms with Crippen LogP contribution in [0.2, 0.25) is 15.1 Å². The summed E-state index contributed by atoms with van der Waals surface area (Å²) < 4.78 is 15.7. The zero-order chi connectivity index (χ0) is 62.3. The van der Waals surface area contributed by atoms with E-state index in [0.717, 1.165) is 146 Å². The van der Waals surface area contributed by atoms with Gasteiger partial charge in [0, 0.05) is 97.1 Å². The van der Waals surface area contributed by atoms with Gasteiger partial charge >= 0.3 is 0 Å². The summed E-state index contributed by atoms with van der Waals surface area (Å²) in [6.45, 7) is 35.8. The van der Waals surface area contributed by atoms with E-state index in [2.05, 4.69) is 78.7 Å². The molecule has 11 rings (SSSR count). The SMILES string of the molecule is [C-]#[N+]c1cc(N2CCCC2)c2ncc(CC)c(NCc3ccc(OC)c(Cl)c3)c2c1.[C-]#[N+]c1cc(NC2CC2)c2ncc(CC)c(NCc3ccc(OC)c(Cl)c3)c2c1.[C-]#[N+]c1cc(NCCC)c2ncc(CC)c(NCc3ccc(OC)c(Cl)c3)c2c1. The minimum atomic E-state index is 0.490. The van der Waals surface area contributed by atoms with Crippen LogP contribution in [-0.2, 0) is 38.9 Å². The molecule has 452 valence electrons. The topological polar surface area (TPSA) is 143 Å². The fourth-order valence-electron chi connectivity index (χ4n) is 10.8. The molecule has 15 nitrogen and oxygen atoms in total. The molecule has 0 radical (unpaired) electrons. The van der Waals surface area contributed by atoms with Crippen LogP contribution in [-0.4, -0.2) is 62.0 Å². The molecular weight excluding hydrogens is 1160 g/mol. The largest absolute Gasteiger partial charge is 0.495 e. The van der Waals surface area contributed by atoms with Crippen molar-refractivity contribution in [2.75, 3.05) is 72.4 Å². The van der Waals surface area contributed by atoms with Gasteiger partial charge in [-0.2, -0.15) is 0 Å². The van der Waals surface area contributed by atoms with Gasteiger partial charge in [-0.05, 0) is 158 Å². The summed E-state index contributed by atoms with van der Waals surface area (Å²) in [5, 5.41) is 22.4. The maximum atomic E-state index is 7.59. The number of fused-ring (bicyclic) bond motifs is 3. The molecule has 0 amide bonds. The third-order valence-electron chi connectivity index (χ3n) is 15.6. The van der Waals surface area contributed by atoms with Crippen molar-refractivity contribution in [3.8, 4) is 17.2 Å². The van der Waals surface area contributed by atoms with Crippen LogP contribution in [0.5, 0.6) is 17.2 Å². The molecular formula is C70H73Cl3N12O3. The van der Waals surface area contributed by atoms with E-state index in [4.69, 9.17) is 78.7 Å². The van der Waals surface area contributed by atoms with Gasteiger partial charge in [-0.3, -0.25) is 15.0 Å². The van der Waals surface area contributed by atoms with Gasteiger partial charge in [0.15, 0.2) is 17.1 Å². The van der Waals surface area contributed by atoms with Crippen LogP contribution in [0.15, 0.2) is 110 Å². The van der Waals surface area contributed by atoms with Crippen LogP contribution >= 0.6 is 34.8 Å². The number of aromatic nitrogens is 3. The van der Waals surface area contributed by atoms with Crippen LogP contribution in [0.1, 0.15) is 93.2 Å². The molecule has 6 aromatic carbocycles. The Morgan fingerprint density at radius 3 is 1.26 bits per heavy atom. The van der Waals surface area contributed by atoms with Crippen molar-refractivity contribution >= 4 is 119 Å². The number of anilines is 6. The first-order chi connectivity index (χ1) is 42.9. The van der Waals surface area contributed by atoms with Gasteiger partial charge in [-0.25, -0.2) is 14.5 Å². The second kappa shape index (κ2) is 30.1. The van der Waals surface area contributed by atoms with Crippen molar-refractivity contribution in [2.24, 2.45) is 0 Å². The molecule has 18 heteroatoms. The summed E-state index contributed by atoms with van der Waals surface area (Å²) in [6.07, 6.45) is 14.1. The Balaban J connectivity index is 0.000000157. The third-order valence-corrected chi connectivity index (χ3v) is 16.5. The number of nitrogens with one attached hydrogen (secondary N) is 5. The highest BCUT2D eigenvalue weighted by Crippen LogP contribution is 2.41. The minimum absolute atomic E-state index is 0.490. The van der Waals surface area contributed by atoms with Gasteiger partial charge < -0.3 is 45.7 Å². The minimum Gasteiger partial charge on any atom is -0.495 e. The lowest BCUT2D eigenvalue weighted by Gasteiger charge is -2.22. The van der Waals surface area contributed by atoms with E-state index in [1.54, 1.807) is 21.3 Å². The molecule has 1 saturated carbocycles.